The normalized spacial score (nSPS) is 11.0. The second kappa shape index (κ2) is 6.65. The van der Waals surface area contributed by atoms with Gasteiger partial charge in [-0.25, -0.2) is 0 Å². The van der Waals surface area contributed by atoms with Crippen LogP contribution in [-0.2, 0) is 13.6 Å². The molecular weight excluding hydrogens is 350 g/mol. The Morgan fingerprint density at radius 3 is 2.73 bits per heavy atom. The van der Waals surface area contributed by atoms with Gasteiger partial charge < -0.3 is 5.32 Å². The van der Waals surface area contributed by atoms with Crippen LogP contribution in [0.1, 0.15) is 16.1 Å². The Morgan fingerprint density at radius 2 is 1.92 bits per heavy atom. The van der Waals surface area contributed by atoms with E-state index in [0.717, 1.165) is 0 Å². The van der Waals surface area contributed by atoms with Crippen LogP contribution >= 0.6 is 11.6 Å². The molecule has 2 aromatic carbocycles. The number of nitrogens with one attached hydrogen (secondary N) is 1. The van der Waals surface area contributed by atoms with Gasteiger partial charge in [-0.1, -0.05) is 54.1 Å². The van der Waals surface area contributed by atoms with Gasteiger partial charge in [-0.2, -0.15) is 10.2 Å². The van der Waals surface area contributed by atoms with E-state index < -0.39 is 0 Å². The largest absolute Gasteiger partial charge is 0.318 e. The first-order chi connectivity index (χ1) is 12.6. The van der Waals surface area contributed by atoms with E-state index in [1.54, 1.807) is 24.1 Å². The maximum Gasteiger partial charge on any atom is 0.275 e. The summed E-state index contributed by atoms with van der Waals surface area (Å²) in [6.45, 7) is 0.615. The topological polar surface area (TPSA) is 64.7 Å². The molecule has 1 amide bonds. The van der Waals surface area contributed by atoms with Crippen molar-refractivity contribution >= 4 is 34.0 Å². The van der Waals surface area contributed by atoms with Gasteiger partial charge in [0.15, 0.2) is 0 Å². The predicted molar refractivity (Wildman–Crippen MR) is 101 cm³/mol. The molecule has 6 nitrogen and oxygen atoms in total. The number of aromatic nitrogens is 4. The molecular formula is C19H16ClN5O. The number of carbonyl (C=O) groups is 1. The summed E-state index contributed by atoms with van der Waals surface area (Å²) in [5.74, 6) is -0.320. The lowest BCUT2D eigenvalue weighted by Crippen LogP contribution is -2.16. The van der Waals surface area contributed by atoms with Gasteiger partial charge in [0.25, 0.3) is 5.91 Å². The maximum atomic E-state index is 12.4. The van der Waals surface area contributed by atoms with Crippen LogP contribution < -0.4 is 5.32 Å². The lowest BCUT2D eigenvalue weighted by Gasteiger charge is -2.07. The van der Waals surface area contributed by atoms with Crippen molar-refractivity contribution in [2.75, 3.05) is 5.32 Å². The molecule has 0 fully saturated rings. The summed E-state index contributed by atoms with van der Waals surface area (Å²) in [7, 11) is 1.67. The second-order valence-electron chi connectivity index (χ2n) is 5.98. The van der Waals surface area contributed by atoms with Crippen LogP contribution in [0.5, 0.6) is 0 Å². The number of fused-ring (bicyclic) bond motifs is 1. The first-order valence-electron chi connectivity index (χ1n) is 8.10. The van der Waals surface area contributed by atoms with E-state index in [2.05, 4.69) is 39.8 Å². The Labute approximate surface area is 155 Å². The molecule has 0 saturated carbocycles. The minimum atomic E-state index is -0.320. The summed E-state index contributed by atoms with van der Waals surface area (Å²) in [6.07, 6.45) is 4.86. The highest BCUT2D eigenvalue weighted by Crippen LogP contribution is 2.20. The molecule has 0 saturated heterocycles. The van der Waals surface area contributed by atoms with Gasteiger partial charge >= 0.3 is 0 Å². The van der Waals surface area contributed by atoms with E-state index in [1.807, 2.05) is 18.2 Å². The van der Waals surface area contributed by atoms with Crippen molar-refractivity contribution < 1.29 is 4.79 Å². The number of aryl methyl sites for hydroxylation is 1. The average Bonchev–Trinajstić information content (AvgIpc) is 3.21. The zero-order chi connectivity index (χ0) is 18.1. The fraction of sp³-hybridized carbons (Fsp3) is 0.105. The highest BCUT2D eigenvalue weighted by Gasteiger charge is 2.16. The Bertz CT molecular complexity index is 1070. The monoisotopic (exact) mass is 365 g/mol. The van der Waals surface area contributed by atoms with Gasteiger partial charge in [0, 0.05) is 13.2 Å². The van der Waals surface area contributed by atoms with Crippen molar-refractivity contribution in [2.45, 2.75) is 6.54 Å². The van der Waals surface area contributed by atoms with Crippen LogP contribution in [0.15, 0.2) is 61.1 Å². The first-order valence-corrected chi connectivity index (χ1v) is 8.47. The summed E-state index contributed by atoms with van der Waals surface area (Å²) < 4.78 is 3.24. The van der Waals surface area contributed by atoms with Crippen LogP contribution in [0.3, 0.4) is 0 Å². The molecule has 1 N–H and O–H groups in total. The van der Waals surface area contributed by atoms with Crippen LogP contribution in [0.4, 0.5) is 5.69 Å². The van der Waals surface area contributed by atoms with E-state index in [9.17, 15) is 4.79 Å². The van der Waals surface area contributed by atoms with Crippen LogP contribution in [0.2, 0.25) is 5.02 Å². The van der Waals surface area contributed by atoms with E-state index in [-0.39, 0.29) is 5.91 Å². The first kappa shape index (κ1) is 16.4. The molecule has 130 valence electrons. The zero-order valence-corrected chi connectivity index (χ0v) is 14.8. The molecule has 0 radical (unpaired) electrons. The van der Waals surface area contributed by atoms with Crippen molar-refractivity contribution in [3.63, 3.8) is 0 Å². The molecule has 0 spiro atoms. The highest BCUT2D eigenvalue weighted by molar-refractivity contribution is 6.34. The van der Waals surface area contributed by atoms with Gasteiger partial charge in [0.2, 0.25) is 0 Å². The number of carbonyl (C=O) groups excluding carboxylic acids is 1. The summed E-state index contributed by atoms with van der Waals surface area (Å²) >= 11 is 6.01. The summed E-state index contributed by atoms with van der Waals surface area (Å²) in [5.41, 5.74) is 2.08. The molecule has 0 aliphatic heterocycles. The summed E-state index contributed by atoms with van der Waals surface area (Å²) in [5, 5.41) is 13.8. The zero-order valence-electron chi connectivity index (χ0n) is 14.1. The number of anilines is 1. The Hall–Kier alpha value is -3.12. The number of nitrogens with zero attached hydrogens (tertiary/aromatic N) is 4. The quantitative estimate of drug-likeness (QED) is 0.599. The minimum absolute atomic E-state index is 0.313. The maximum absolute atomic E-state index is 12.4. The summed E-state index contributed by atoms with van der Waals surface area (Å²) in [4.78, 5) is 12.4. The third-order valence-electron chi connectivity index (χ3n) is 4.21. The fourth-order valence-electron chi connectivity index (χ4n) is 2.98. The molecule has 4 aromatic rings. The molecule has 0 bridgehead atoms. The van der Waals surface area contributed by atoms with E-state index in [1.165, 1.54) is 27.2 Å². The molecule has 0 unspecified atom stereocenters. The molecule has 26 heavy (non-hydrogen) atoms. The van der Waals surface area contributed by atoms with Gasteiger partial charge in [0.05, 0.1) is 29.6 Å². The van der Waals surface area contributed by atoms with Crippen LogP contribution in [-0.4, -0.2) is 25.5 Å². The molecule has 7 heteroatoms. The van der Waals surface area contributed by atoms with Crippen LogP contribution in [0.25, 0.3) is 10.8 Å². The van der Waals surface area contributed by atoms with Crippen molar-refractivity contribution in [1.29, 1.82) is 0 Å². The van der Waals surface area contributed by atoms with Gasteiger partial charge in [-0.15, -0.1) is 0 Å². The van der Waals surface area contributed by atoms with Crippen molar-refractivity contribution in [3.8, 4) is 0 Å². The third kappa shape index (κ3) is 3.07. The van der Waals surface area contributed by atoms with Crippen molar-refractivity contribution in [2.24, 2.45) is 7.05 Å². The van der Waals surface area contributed by atoms with Crippen molar-refractivity contribution in [3.05, 3.63) is 77.3 Å². The van der Waals surface area contributed by atoms with E-state index in [4.69, 9.17) is 11.6 Å². The number of halogens is 1. The predicted octanol–water partition coefficient (Wildman–Crippen LogP) is 3.72. The molecule has 2 heterocycles. The lowest BCUT2D eigenvalue weighted by molar-refractivity contribution is 0.101. The molecule has 0 aliphatic carbocycles. The van der Waals surface area contributed by atoms with E-state index in [0.29, 0.717) is 22.9 Å². The standard InChI is InChI=1S/C19H16ClN5O/c1-24-18(17(20)10-21-24)19(26)23-15-9-22-25(12-15)11-14-7-4-6-13-5-2-3-8-16(13)14/h2-10,12H,11H2,1H3,(H,23,26). The number of amides is 1. The van der Waals surface area contributed by atoms with Gasteiger partial charge in [0.1, 0.15) is 5.69 Å². The Balaban J connectivity index is 1.54. The average molecular weight is 366 g/mol. The third-order valence-corrected chi connectivity index (χ3v) is 4.49. The SMILES string of the molecule is Cn1ncc(Cl)c1C(=O)Nc1cnn(Cc2cccc3ccccc23)c1. The molecule has 4 rings (SSSR count). The number of benzene rings is 2. The lowest BCUT2D eigenvalue weighted by atomic mass is 10.0. The van der Waals surface area contributed by atoms with Crippen molar-refractivity contribution in [1.82, 2.24) is 19.6 Å². The number of rotatable bonds is 4. The smallest absolute Gasteiger partial charge is 0.275 e. The molecule has 2 aromatic heterocycles. The Kier molecular flexibility index (Phi) is 4.18. The van der Waals surface area contributed by atoms with Gasteiger partial charge in [-0.3, -0.25) is 14.2 Å². The second-order valence-corrected chi connectivity index (χ2v) is 6.39. The van der Waals surface area contributed by atoms with E-state index >= 15 is 0 Å². The van der Waals surface area contributed by atoms with Crippen LogP contribution in [0, 0.1) is 0 Å². The molecule has 0 atom stereocenters. The minimum Gasteiger partial charge on any atom is -0.318 e. The Morgan fingerprint density at radius 1 is 1.12 bits per heavy atom. The number of hydrogen-bond acceptors (Lipinski definition) is 3. The molecule has 0 aliphatic rings. The fourth-order valence-corrected chi connectivity index (χ4v) is 3.23. The summed E-state index contributed by atoms with van der Waals surface area (Å²) in [6, 6.07) is 14.4. The van der Waals surface area contributed by atoms with Gasteiger partial charge in [-0.05, 0) is 16.3 Å². The number of hydrogen-bond donors (Lipinski definition) is 1. The highest BCUT2D eigenvalue weighted by atomic mass is 35.5.